The molecule has 1 heterocycles. The van der Waals surface area contributed by atoms with Gasteiger partial charge in [-0.3, -0.25) is 4.57 Å². The number of fused-ring (bicyclic) bond motifs is 1. The number of halogens is 1. The molecule has 0 bridgehead atoms. The summed E-state index contributed by atoms with van der Waals surface area (Å²) in [5.41, 5.74) is 5.37. The first kappa shape index (κ1) is 14.0. The molecular weight excluding hydrogens is 284 g/mol. The first-order valence-corrected chi connectivity index (χ1v) is 7.36. The van der Waals surface area contributed by atoms with Crippen LogP contribution in [0.4, 0.5) is 0 Å². The predicted octanol–water partition coefficient (Wildman–Crippen LogP) is 4.39. The van der Waals surface area contributed by atoms with Gasteiger partial charge in [0, 0.05) is 5.69 Å². The number of para-hydroxylation sites is 1. The van der Waals surface area contributed by atoms with Crippen molar-refractivity contribution in [3.8, 4) is 11.4 Å². The van der Waals surface area contributed by atoms with Crippen LogP contribution in [0, 0.1) is 13.8 Å². The second-order valence-electron chi connectivity index (χ2n) is 5.17. The lowest BCUT2D eigenvalue weighted by Gasteiger charge is -2.10. The Kier molecular flexibility index (Phi) is 3.60. The number of hydrogen-bond donors (Lipinski definition) is 0. The molecule has 2 aromatic carbocycles. The molecular formula is C17H17ClN2O. The van der Waals surface area contributed by atoms with E-state index in [1.54, 1.807) is 7.11 Å². The van der Waals surface area contributed by atoms with Crippen LogP contribution in [-0.2, 0) is 5.88 Å². The highest BCUT2D eigenvalue weighted by atomic mass is 35.5. The number of ether oxygens (including phenoxy) is 1. The van der Waals surface area contributed by atoms with Gasteiger partial charge in [0.2, 0.25) is 0 Å². The maximum atomic E-state index is 6.10. The Bertz CT molecular complexity index is 788. The molecule has 0 fully saturated rings. The monoisotopic (exact) mass is 300 g/mol. The summed E-state index contributed by atoms with van der Waals surface area (Å²) in [6, 6.07) is 12.4. The summed E-state index contributed by atoms with van der Waals surface area (Å²) in [6.45, 7) is 4.19. The summed E-state index contributed by atoms with van der Waals surface area (Å²) in [5.74, 6) is 1.94. The highest BCUT2D eigenvalue weighted by molar-refractivity contribution is 6.17. The molecule has 3 rings (SSSR count). The quantitative estimate of drug-likeness (QED) is 0.671. The normalized spacial score (nSPS) is 11.0. The summed E-state index contributed by atoms with van der Waals surface area (Å²) < 4.78 is 7.51. The minimum Gasteiger partial charge on any atom is -0.494 e. The number of rotatable bonds is 3. The number of hydrogen-bond acceptors (Lipinski definition) is 2. The van der Waals surface area contributed by atoms with E-state index in [1.807, 2.05) is 18.2 Å². The van der Waals surface area contributed by atoms with Gasteiger partial charge in [-0.1, -0.05) is 12.1 Å². The highest BCUT2D eigenvalue weighted by Crippen LogP contribution is 2.29. The van der Waals surface area contributed by atoms with E-state index in [4.69, 9.17) is 16.3 Å². The summed E-state index contributed by atoms with van der Waals surface area (Å²) in [5, 5.41) is 0. The minimum atomic E-state index is 0.352. The van der Waals surface area contributed by atoms with Crippen molar-refractivity contribution in [1.29, 1.82) is 0 Å². The molecule has 0 amide bonds. The van der Waals surface area contributed by atoms with Crippen molar-refractivity contribution in [2.75, 3.05) is 7.11 Å². The second kappa shape index (κ2) is 5.41. The zero-order valence-electron chi connectivity index (χ0n) is 12.4. The summed E-state index contributed by atoms with van der Waals surface area (Å²) in [4.78, 5) is 4.64. The van der Waals surface area contributed by atoms with Crippen LogP contribution in [-0.4, -0.2) is 16.7 Å². The molecule has 0 unspecified atom stereocenters. The molecule has 0 atom stereocenters. The van der Waals surface area contributed by atoms with Gasteiger partial charge in [-0.05, 0) is 49.2 Å². The first-order valence-electron chi connectivity index (χ1n) is 6.83. The standard InChI is InChI=1S/C17H17ClN2O/c1-11-7-12(2)9-13(8-11)20-14-5-4-6-15(21-3)17(14)19-16(20)10-18/h4-9H,10H2,1-3H3. The third-order valence-corrected chi connectivity index (χ3v) is 3.76. The SMILES string of the molecule is COc1cccc2c1nc(CCl)n2-c1cc(C)cc(C)c1. The Labute approximate surface area is 129 Å². The van der Waals surface area contributed by atoms with Gasteiger partial charge in [0.25, 0.3) is 0 Å². The van der Waals surface area contributed by atoms with E-state index < -0.39 is 0 Å². The third-order valence-electron chi connectivity index (χ3n) is 3.52. The van der Waals surface area contributed by atoms with Crippen molar-refractivity contribution in [2.45, 2.75) is 19.7 Å². The van der Waals surface area contributed by atoms with Crippen LogP contribution in [0.15, 0.2) is 36.4 Å². The lowest BCUT2D eigenvalue weighted by molar-refractivity contribution is 0.419. The largest absolute Gasteiger partial charge is 0.494 e. The smallest absolute Gasteiger partial charge is 0.146 e. The lowest BCUT2D eigenvalue weighted by Crippen LogP contribution is -2.00. The van der Waals surface area contributed by atoms with Gasteiger partial charge in [0.05, 0.1) is 18.5 Å². The van der Waals surface area contributed by atoms with Gasteiger partial charge < -0.3 is 4.74 Å². The molecule has 0 saturated heterocycles. The van der Waals surface area contributed by atoms with E-state index in [2.05, 4.69) is 41.6 Å². The summed E-state index contributed by atoms with van der Waals surface area (Å²) in [7, 11) is 1.66. The average molecular weight is 301 g/mol. The van der Waals surface area contributed by atoms with E-state index in [-0.39, 0.29) is 0 Å². The molecule has 0 saturated carbocycles. The van der Waals surface area contributed by atoms with Crippen LogP contribution < -0.4 is 4.74 Å². The Morgan fingerprint density at radius 1 is 1.14 bits per heavy atom. The Morgan fingerprint density at radius 3 is 2.48 bits per heavy atom. The summed E-state index contributed by atoms with van der Waals surface area (Å²) >= 11 is 6.10. The van der Waals surface area contributed by atoms with Gasteiger partial charge in [-0.2, -0.15) is 0 Å². The van der Waals surface area contributed by atoms with Gasteiger partial charge in [-0.25, -0.2) is 4.98 Å². The Balaban J connectivity index is 2.35. The zero-order valence-corrected chi connectivity index (χ0v) is 13.1. The van der Waals surface area contributed by atoms with Gasteiger partial charge in [0.15, 0.2) is 0 Å². The highest BCUT2D eigenvalue weighted by Gasteiger charge is 2.15. The first-order chi connectivity index (χ1) is 10.1. The van der Waals surface area contributed by atoms with Crippen molar-refractivity contribution >= 4 is 22.6 Å². The molecule has 0 aliphatic rings. The Hall–Kier alpha value is -2.00. The maximum Gasteiger partial charge on any atom is 0.146 e. The average Bonchev–Trinajstić information content (AvgIpc) is 2.84. The predicted molar refractivity (Wildman–Crippen MR) is 86.7 cm³/mol. The number of nitrogens with zero attached hydrogens (tertiary/aromatic N) is 2. The fourth-order valence-corrected chi connectivity index (χ4v) is 2.92. The van der Waals surface area contributed by atoms with Crippen LogP contribution >= 0.6 is 11.6 Å². The lowest BCUT2D eigenvalue weighted by atomic mass is 10.1. The number of alkyl halides is 1. The van der Waals surface area contributed by atoms with E-state index in [9.17, 15) is 0 Å². The van der Waals surface area contributed by atoms with Gasteiger partial charge >= 0.3 is 0 Å². The molecule has 3 nitrogen and oxygen atoms in total. The van der Waals surface area contributed by atoms with Crippen molar-refractivity contribution in [1.82, 2.24) is 9.55 Å². The number of methoxy groups -OCH3 is 1. The van der Waals surface area contributed by atoms with E-state index >= 15 is 0 Å². The molecule has 0 radical (unpaired) electrons. The molecule has 3 aromatic rings. The fraction of sp³-hybridized carbons (Fsp3) is 0.235. The molecule has 0 spiro atoms. The minimum absolute atomic E-state index is 0.352. The molecule has 0 aliphatic carbocycles. The topological polar surface area (TPSA) is 27.1 Å². The molecule has 21 heavy (non-hydrogen) atoms. The van der Waals surface area contributed by atoms with E-state index in [0.29, 0.717) is 5.88 Å². The molecule has 4 heteroatoms. The van der Waals surface area contributed by atoms with Crippen LogP contribution in [0.5, 0.6) is 5.75 Å². The van der Waals surface area contributed by atoms with Crippen molar-refractivity contribution in [2.24, 2.45) is 0 Å². The second-order valence-corrected chi connectivity index (χ2v) is 5.44. The van der Waals surface area contributed by atoms with Crippen molar-refractivity contribution in [3.63, 3.8) is 0 Å². The number of imidazole rings is 1. The van der Waals surface area contributed by atoms with E-state index in [0.717, 1.165) is 28.3 Å². The van der Waals surface area contributed by atoms with E-state index in [1.165, 1.54) is 11.1 Å². The number of benzene rings is 2. The fourth-order valence-electron chi connectivity index (χ4n) is 2.74. The van der Waals surface area contributed by atoms with Crippen LogP contribution in [0.2, 0.25) is 0 Å². The van der Waals surface area contributed by atoms with Crippen molar-refractivity contribution in [3.05, 3.63) is 53.3 Å². The van der Waals surface area contributed by atoms with Gasteiger partial charge in [-0.15, -0.1) is 11.6 Å². The molecule has 108 valence electrons. The Morgan fingerprint density at radius 2 is 1.86 bits per heavy atom. The van der Waals surface area contributed by atoms with Crippen LogP contribution in [0.3, 0.4) is 0 Å². The van der Waals surface area contributed by atoms with Crippen LogP contribution in [0.1, 0.15) is 17.0 Å². The molecule has 0 N–H and O–H groups in total. The van der Waals surface area contributed by atoms with Crippen LogP contribution in [0.25, 0.3) is 16.7 Å². The van der Waals surface area contributed by atoms with Crippen molar-refractivity contribution < 1.29 is 4.74 Å². The number of aryl methyl sites for hydroxylation is 2. The zero-order chi connectivity index (χ0) is 15.0. The maximum absolute atomic E-state index is 6.10. The summed E-state index contributed by atoms with van der Waals surface area (Å²) in [6.07, 6.45) is 0. The molecule has 1 aromatic heterocycles. The van der Waals surface area contributed by atoms with Gasteiger partial charge in [0.1, 0.15) is 17.1 Å². The molecule has 0 aliphatic heterocycles. The third kappa shape index (κ3) is 2.38. The number of aromatic nitrogens is 2.